The molecule has 1 heteroatoms. The Hall–Kier alpha value is -0.430. The van der Waals surface area contributed by atoms with Crippen molar-refractivity contribution in [2.24, 2.45) is 0 Å². The van der Waals surface area contributed by atoms with Crippen molar-refractivity contribution in [3.63, 3.8) is 0 Å². The van der Waals surface area contributed by atoms with Crippen molar-refractivity contribution < 1.29 is 0 Å². The van der Waals surface area contributed by atoms with Crippen LogP contribution in [0.15, 0.2) is 24.3 Å². The quantitative estimate of drug-likeness (QED) is 0.575. The largest absolute Gasteiger partial charge is 0.197 e. The molecule has 0 heterocycles. The topological polar surface area (TPSA) is 0 Å². The monoisotopic (exact) mass is 180 g/mol. The minimum Gasteiger partial charge on any atom is -0.197 e. The van der Waals surface area contributed by atoms with Crippen LogP contribution in [0.5, 0.6) is 0 Å². The lowest BCUT2D eigenvalue weighted by Crippen LogP contribution is -2.05. The highest BCUT2D eigenvalue weighted by molar-refractivity contribution is 7.59. The summed E-state index contributed by atoms with van der Waals surface area (Å²) in [6, 6.07) is 8.85. The Bertz CT molecular complexity index is 255. The van der Waals surface area contributed by atoms with Gasteiger partial charge in [0.25, 0.3) is 0 Å². The van der Waals surface area contributed by atoms with E-state index < -0.39 is 0 Å². The zero-order valence-corrected chi connectivity index (χ0v) is 8.51. The van der Waals surface area contributed by atoms with Gasteiger partial charge in [0.2, 0.25) is 0 Å². The molecule has 66 valence electrons. The summed E-state index contributed by atoms with van der Waals surface area (Å²) in [4.78, 5) is 0. The lowest BCUT2D eigenvalue weighted by atomic mass is 9.84. The highest BCUT2D eigenvalue weighted by Crippen LogP contribution is 2.30. The van der Waals surface area contributed by atoms with Gasteiger partial charge in [0.1, 0.15) is 0 Å². The third-order valence-corrected chi connectivity index (χ3v) is 2.67. The van der Waals surface area contributed by atoms with Crippen molar-refractivity contribution in [3.8, 4) is 0 Å². The molecule has 2 rings (SSSR count). The fourth-order valence-electron chi connectivity index (χ4n) is 2.00. The second-order valence-electron chi connectivity index (χ2n) is 3.49. The van der Waals surface area contributed by atoms with Gasteiger partial charge in [-0.15, -0.1) is 0 Å². The maximum Gasteiger partial charge on any atom is -0.0188 e. The third-order valence-electron chi connectivity index (χ3n) is 2.67. The molecule has 0 spiro atoms. The molecule has 0 saturated heterocycles. The third kappa shape index (κ3) is 1.66. The molecule has 0 aromatic heterocycles. The Labute approximate surface area is 81.4 Å². The summed E-state index contributed by atoms with van der Waals surface area (Å²) in [5, 5.41) is 0. The van der Waals surface area contributed by atoms with E-state index in [1.54, 1.807) is 11.1 Å². The number of hydrogen-bond donors (Lipinski definition) is 0. The molecule has 0 nitrogen and oxygen atoms in total. The zero-order valence-electron chi connectivity index (χ0n) is 7.51. The van der Waals surface area contributed by atoms with Gasteiger partial charge in [-0.2, -0.15) is 13.5 Å². The summed E-state index contributed by atoms with van der Waals surface area (Å²) >= 11 is 0. The van der Waals surface area contributed by atoms with Gasteiger partial charge < -0.3 is 0 Å². The summed E-state index contributed by atoms with van der Waals surface area (Å²) in [6.07, 6.45) is 4.04. The van der Waals surface area contributed by atoms with E-state index in [-0.39, 0.29) is 13.5 Å². The van der Waals surface area contributed by atoms with Crippen LogP contribution in [-0.2, 0) is 6.42 Å². The summed E-state index contributed by atoms with van der Waals surface area (Å²) in [5.41, 5.74) is 3.16. The van der Waals surface area contributed by atoms with E-state index >= 15 is 0 Å². The molecule has 12 heavy (non-hydrogen) atoms. The Kier molecular flexibility index (Phi) is 3.21. The molecule has 1 aliphatic carbocycles. The van der Waals surface area contributed by atoms with Gasteiger partial charge in [-0.05, 0) is 36.3 Å². The molecular weight excluding hydrogens is 164 g/mol. The predicted molar refractivity (Wildman–Crippen MR) is 58.2 cm³/mol. The van der Waals surface area contributed by atoms with Gasteiger partial charge in [-0.3, -0.25) is 0 Å². The lowest BCUT2D eigenvalue weighted by molar-refractivity contribution is 0.590. The first kappa shape index (κ1) is 9.66. The van der Waals surface area contributed by atoms with Crippen molar-refractivity contribution in [3.05, 3.63) is 35.4 Å². The van der Waals surface area contributed by atoms with Crippen LogP contribution in [0.3, 0.4) is 0 Å². The maximum atomic E-state index is 2.33. The Morgan fingerprint density at radius 3 is 2.75 bits per heavy atom. The molecule has 0 radical (unpaired) electrons. The molecule has 0 amide bonds. The van der Waals surface area contributed by atoms with Crippen molar-refractivity contribution >= 4 is 13.5 Å². The van der Waals surface area contributed by atoms with Crippen LogP contribution < -0.4 is 0 Å². The highest BCUT2D eigenvalue weighted by atomic mass is 32.1. The SMILES string of the molecule is C[C@H]1CCCc2ccccc21.S. The lowest BCUT2D eigenvalue weighted by Gasteiger charge is -2.21. The number of rotatable bonds is 0. The Balaban J connectivity index is 0.000000720. The molecule has 0 aliphatic heterocycles. The molecule has 0 unspecified atom stereocenters. The van der Waals surface area contributed by atoms with E-state index in [4.69, 9.17) is 0 Å². The normalized spacial score (nSPS) is 20.9. The van der Waals surface area contributed by atoms with Crippen LogP contribution in [0.1, 0.15) is 36.8 Å². The fourth-order valence-corrected chi connectivity index (χ4v) is 2.00. The predicted octanol–water partition coefficient (Wildman–Crippen LogP) is 3.24. The van der Waals surface area contributed by atoms with Crippen molar-refractivity contribution in [1.29, 1.82) is 0 Å². The van der Waals surface area contributed by atoms with Crippen LogP contribution in [0.2, 0.25) is 0 Å². The second-order valence-corrected chi connectivity index (χ2v) is 3.49. The van der Waals surface area contributed by atoms with E-state index in [0.717, 1.165) is 5.92 Å². The van der Waals surface area contributed by atoms with Crippen LogP contribution >= 0.6 is 13.5 Å². The van der Waals surface area contributed by atoms with Crippen molar-refractivity contribution in [2.75, 3.05) is 0 Å². The first-order valence-corrected chi connectivity index (χ1v) is 4.46. The minimum absolute atomic E-state index is 0. The van der Waals surface area contributed by atoms with Crippen molar-refractivity contribution in [2.45, 2.75) is 32.1 Å². The van der Waals surface area contributed by atoms with E-state index in [9.17, 15) is 0 Å². The molecule has 1 aliphatic rings. The van der Waals surface area contributed by atoms with Gasteiger partial charge >= 0.3 is 0 Å². The summed E-state index contributed by atoms with van der Waals surface area (Å²) in [5.74, 6) is 0.792. The average molecular weight is 180 g/mol. The Morgan fingerprint density at radius 1 is 1.25 bits per heavy atom. The molecule has 0 N–H and O–H groups in total. The standard InChI is InChI=1S/C11H14.H2S/c1-9-5-4-7-10-6-2-3-8-11(9)10;/h2-3,6,8-9H,4-5,7H2,1H3;1H2/t9-;/m0./s1. The van der Waals surface area contributed by atoms with Gasteiger partial charge in [-0.1, -0.05) is 31.2 Å². The zero-order chi connectivity index (χ0) is 7.68. The summed E-state index contributed by atoms with van der Waals surface area (Å²) < 4.78 is 0. The van der Waals surface area contributed by atoms with E-state index in [1.165, 1.54) is 19.3 Å². The van der Waals surface area contributed by atoms with E-state index in [1.807, 2.05) is 0 Å². The van der Waals surface area contributed by atoms with Crippen LogP contribution in [0.4, 0.5) is 0 Å². The second kappa shape index (κ2) is 3.99. The fraction of sp³-hybridized carbons (Fsp3) is 0.455. The van der Waals surface area contributed by atoms with Crippen LogP contribution in [0, 0.1) is 0 Å². The summed E-state index contributed by atoms with van der Waals surface area (Å²) in [7, 11) is 0. The molecule has 1 aromatic carbocycles. The molecule has 0 fully saturated rings. The first-order valence-electron chi connectivity index (χ1n) is 4.46. The average Bonchev–Trinajstić information content (AvgIpc) is 2.06. The smallest absolute Gasteiger partial charge is 0.0188 e. The Morgan fingerprint density at radius 2 is 2.00 bits per heavy atom. The first-order chi connectivity index (χ1) is 5.38. The van der Waals surface area contributed by atoms with E-state index in [2.05, 4.69) is 31.2 Å². The minimum atomic E-state index is 0. The molecular formula is C11H16S. The number of fused-ring (bicyclic) bond motifs is 1. The molecule has 0 bridgehead atoms. The molecule has 1 atom stereocenters. The van der Waals surface area contributed by atoms with E-state index in [0.29, 0.717) is 0 Å². The van der Waals surface area contributed by atoms with Crippen molar-refractivity contribution in [1.82, 2.24) is 0 Å². The highest BCUT2D eigenvalue weighted by Gasteiger charge is 2.14. The van der Waals surface area contributed by atoms with Crippen LogP contribution in [0.25, 0.3) is 0 Å². The van der Waals surface area contributed by atoms with Gasteiger partial charge in [0.15, 0.2) is 0 Å². The van der Waals surface area contributed by atoms with Crippen LogP contribution in [-0.4, -0.2) is 0 Å². The number of hydrogen-bond acceptors (Lipinski definition) is 0. The van der Waals surface area contributed by atoms with Gasteiger partial charge in [-0.25, -0.2) is 0 Å². The number of aryl methyl sites for hydroxylation is 1. The number of benzene rings is 1. The van der Waals surface area contributed by atoms with Gasteiger partial charge in [0.05, 0.1) is 0 Å². The molecule has 0 saturated carbocycles. The molecule has 1 aromatic rings. The van der Waals surface area contributed by atoms with Gasteiger partial charge in [0, 0.05) is 0 Å². The summed E-state index contributed by atoms with van der Waals surface area (Å²) in [6.45, 7) is 2.33. The maximum absolute atomic E-state index is 2.33.